The Morgan fingerprint density at radius 2 is 2.10 bits per heavy atom. The summed E-state index contributed by atoms with van der Waals surface area (Å²) in [6.45, 7) is 1.26. The molecule has 0 amide bonds. The van der Waals surface area contributed by atoms with Gasteiger partial charge in [-0.15, -0.1) is 0 Å². The van der Waals surface area contributed by atoms with Gasteiger partial charge >= 0.3 is 0 Å². The van der Waals surface area contributed by atoms with Crippen molar-refractivity contribution in [1.29, 1.82) is 0 Å². The number of fused-ring (bicyclic) bond motifs is 1. The van der Waals surface area contributed by atoms with E-state index in [0.717, 1.165) is 5.56 Å². The van der Waals surface area contributed by atoms with Crippen LogP contribution >= 0.6 is 0 Å². The lowest BCUT2D eigenvalue weighted by molar-refractivity contribution is 0.174. The van der Waals surface area contributed by atoms with Crippen molar-refractivity contribution in [1.82, 2.24) is 9.03 Å². The van der Waals surface area contributed by atoms with Gasteiger partial charge in [0, 0.05) is 20.1 Å². The maximum Gasteiger partial charge on any atom is 0.279 e. The average Bonchev–Trinajstić information content (AvgIpc) is 2.90. The van der Waals surface area contributed by atoms with E-state index in [1.54, 1.807) is 18.2 Å². The van der Waals surface area contributed by atoms with E-state index in [4.69, 9.17) is 15.2 Å². The van der Waals surface area contributed by atoms with Gasteiger partial charge in [-0.3, -0.25) is 0 Å². The predicted molar refractivity (Wildman–Crippen MR) is 74.6 cm³/mol. The monoisotopic (exact) mass is 301 g/mol. The van der Waals surface area contributed by atoms with Crippen molar-refractivity contribution < 1.29 is 17.9 Å². The number of hydrogen-bond donors (Lipinski definition) is 2. The SMILES string of the molecule is CN(CCCN)S(=O)(=O)NCc1ccc2c(c1)OCO2. The van der Waals surface area contributed by atoms with E-state index in [9.17, 15) is 8.42 Å². The molecule has 1 aromatic rings. The predicted octanol–water partition coefficient (Wildman–Crippen LogP) is 0.0303. The second-order valence-electron chi connectivity index (χ2n) is 4.48. The van der Waals surface area contributed by atoms with Crippen LogP contribution in [0.1, 0.15) is 12.0 Å². The van der Waals surface area contributed by atoms with E-state index in [-0.39, 0.29) is 13.3 Å². The molecule has 7 nitrogen and oxygen atoms in total. The number of nitrogens with one attached hydrogen (secondary N) is 1. The molecule has 0 aliphatic carbocycles. The van der Waals surface area contributed by atoms with Crippen molar-refractivity contribution in [3.05, 3.63) is 23.8 Å². The van der Waals surface area contributed by atoms with Gasteiger partial charge in [-0.2, -0.15) is 17.4 Å². The number of benzene rings is 1. The highest BCUT2D eigenvalue weighted by Crippen LogP contribution is 2.32. The Morgan fingerprint density at radius 1 is 1.35 bits per heavy atom. The Morgan fingerprint density at radius 3 is 2.85 bits per heavy atom. The van der Waals surface area contributed by atoms with Crippen LogP contribution in [0, 0.1) is 0 Å². The number of hydrogen-bond acceptors (Lipinski definition) is 5. The van der Waals surface area contributed by atoms with Crippen LogP contribution in [0.15, 0.2) is 18.2 Å². The smallest absolute Gasteiger partial charge is 0.279 e. The molecule has 1 aliphatic rings. The van der Waals surface area contributed by atoms with Gasteiger partial charge in [0.1, 0.15) is 0 Å². The Balaban J connectivity index is 1.94. The molecule has 2 rings (SSSR count). The summed E-state index contributed by atoms with van der Waals surface area (Å²) in [5.74, 6) is 1.31. The summed E-state index contributed by atoms with van der Waals surface area (Å²) in [7, 11) is -1.96. The third-order valence-electron chi connectivity index (χ3n) is 2.98. The van der Waals surface area contributed by atoms with Crippen LogP contribution in [0.25, 0.3) is 0 Å². The van der Waals surface area contributed by atoms with Gasteiger partial charge in [0.2, 0.25) is 6.79 Å². The van der Waals surface area contributed by atoms with E-state index >= 15 is 0 Å². The van der Waals surface area contributed by atoms with Crippen molar-refractivity contribution in [3.63, 3.8) is 0 Å². The van der Waals surface area contributed by atoms with E-state index in [2.05, 4.69) is 4.72 Å². The first-order chi connectivity index (χ1) is 9.53. The zero-order valence-corrected chi connectivity index (χ0v) is 12.1. The minimum Gasteiger partial charge on any atom is -0.454 e. The first kappa shape index (κ1) is 15.0. The van der Waals surface area contributed by atoms with Crippen molar-refractivity contribution in [3.8, 4) is 11.5 Å². The fourth-order valence-electron chi connectivity index (χ4n) is 1.77. The molecule has 112 valence electrons. The first-order valence-corrected chi connectivity index (χ1v) is 7.76. The lowest BCUT2D eigenvalue weighted by atomic mass is 10.2. The summed E-state index contributed by atoms with van der Waals surface area (Å²) in [6, 6.07) is 5.34. The van der Waals surface area contributed by atoms with Crippen molar-refractivity contribution >= 4 is 10.2 Å². The Bertz CT molecular complexity index is 562. The van der Waals surface area contributed by atoms with Gasteiger partial charge < -0.3 is 15.2 Å². The van der Waals surface area contributed by atoms with E-state index in [1.165, 1.54) is 11.4 Å². The van der Waals surface area contributed by atoms with Gasteiger partial charge in [-0.05, 0) is 30.7 Å². The Labute approximate surface area is 118 Å². The molecule has 1 aliphatic heterocycles. The van der Waals surface area contributed by atoms with Crippen molar-refractivity contribution in [2.45, 2.75) is 13.0 Å². The second kappa shape index (κ2) is 6.40. The fraction of sp³-hybridized carbons (Fsp3) is 0.500. The molecule has 0 bridgehead atoms. The lowest BCUT2D eigenvalue weighted by Gasteiger charge is -2.17. The number of ether oxygens (including phenoxy) is 2. The first-order valence-electron chi connectivity index (χ1n) is 6.32. The molecule has 0 saturated heterocycles. The molecule has 3 N–H and O–H groups in total. The minimum atomic E-state index is -3.49. The fourth-order valence-corrected chi connectivity index (χ4v) is 2.71. The molecule has 0 atom stereocenters. The molecule has 0 saturated carbocycles. The quantitative estimate of drug-likeness (QED) is 0.741. The van der Waals surface area contributed by atoms with E-state index in [0.29, 0.717) is 31.0 Å². The van der Waals surface area contributed by atoms with Crippen LogP contribution in [0.4, 0.5) is 0 Å². The summed E-state index contributed by atoms with van der Waals surface area (Å²) in [5, 5.41) is 0. The number of rotatable bonds is 7. The minimum absolute atomic E-state index is 0.200. The average molecular weight is 301 g/mol. The number of nitrogens with zero attached hydrogens (tertiary/aromatic N) is 1. The van der Waals surface area contributed by atoms with Crippen molar-refractivity contribution in [2.24, 2.45) is 5.73 Å². The second-order valence-corrected chi connectivity index (χ2v) is 6.34. The lowest BCUT2D eigenvalue weighted by Crippen LogP contribution is -2.38. The summed E-state index contributed by atoms with van der Waals surface area (Å²) < 4.78 is 38.2. The molecule has 1 heterocycles. The van der Waals surface area contributed by atoms with Gasteiger partial charge in [-0.1, -0.05) is 6.07 Å². The zero-order valence-electron chi connectivity index (χ0n) is 11.3. The standard InChI is InChI=1S/C12H19N3O4S/c1-15(6-2-5-13)20(16,17)14-8-10-3-4-11-12(7-10)19-9-18-11/h3-4,7,14H,2,5-6,8-9,13H2,1H3. The zero-order chi connectivity index (χ0) is 14.6. The molecule has 0 radical (unpaired) electrons. The molecule has 1 aromatic carbocycles. The highest BCUT2D eigenvalue weighted by molar-refractivity contribution is 7.87. The molecule has 0 unspecified atom stereocenters. The normalized spacial score (nSPS) is 13.9. The molecule has 20 heavy (non-hydrogen) atoms. The van der Waals surface area contributed by atoms with Crippen LogP contribution in [0.3, 0.4) is 0 Å². The van der Waals surface area contributed by atoms with Gasteiger partial charge in [0.25, 0.3) is 10.2 Å². The largest absolute Gasteiger partial charge is 0.454 e. The number of nitrogens with two attached hydrogens (primary N) is 1. The maximum absolute atomic E-state index is 12.0. The Kier molecular flexibility index (Phi) is 4.81. The summed E-state index contributed by atoms with van der Waals surface area (Å²) >= 11 is 0. The van der Waals surface area contributed by atoms with Crippen molar-refractivity contribution in [2.75, 3.05) is 26.9 Å². The highest BCUT2D eigenvalue weighted by atomic mass is 32.2. The third-order valence-corrected chi connectivity index (χ3v) is 4.50. The topological polar surface area (TPSA) is 93.9 Å². The van der Waals surface area contributed by atoms with Crippen LogP contribution < -0.4 is 19.9 Å². The van der Waals surface area contributed by atoms with E-state index < -0.39 is 10.2 Å². The Hall–Kier alpha value is -1.35. The molecule has 8 heteroatoms. The highest BCUT2D eigenvalue weighted by Gasteiger charge is 2.18. The molecular weight excluding hydrogens is 282 g/mol. The molecule has 0 aromatic heterocycles. The summed E-state index contributed by atoms with van der Waals surface area (Å²) in [5.41, 5.74) is 6.18. The molecular formula is C12H19N3O4S. The molecule has 0 fully saturated rings. The van der Waals surface area contributed by atoms with E-state index in [1.807, 2.05) is 0 Å². The van der Waals surface area contributed by atoms with Crippen LogP contribution in [-0.4, -0.2) is 39.7 Å². The molecule has 0 spiro atoms. The summed E-state index contributed by atoms with van der Waals surface area (Å²) in [6.07, 6.45) is 0.626. The van der Waals surface area contributed by atoms with Gasteiger partial charge in [0.15, 0.2) is 11.5 Å². The third kappa shape index (κ3) is 3.60. The van der Waals surface area contributed by atoms with Crippen LogP contribution in [0.2, 0.25) is 0 Å². The van der Waals surface area contributed by atoms with Crippen LogP contribution in [-0.2, 0) is 16.8 Å². The maximum atomic E-state index is 12.0. The van der Waals surface area contributed by atoms with Crippen LogP contribution in [0.5, 0.6) is 11.5 Å². The van der Waals surface area contributed by atoms with Gasteiger partial charge in [-0.25, -0.2) is 0 Å². The van der Waals surface area contributed by atoms with Gasteiger partial charge in [0.05, 0.1) is 0 Å². The summed E-state index contributed by atoms with van der Waals surface area (Å²) in [4.78, 5) is 0.